The van der Waals surface area contributed by atoms with Crippen LogP contribution in [-0.2, 0) is 4.79 Å². The Hall–Kier alpha value is -1.00. The van der Waals surface area contributed by atoms with E-state index in [1.165, 1.54) is 25.7 Å². The van der Waals surface area contributed by atoms with Crippen molar-refractivity contribution in [1.29, 1.82) is 0 Å². The van der Waals surface area contributed by atoms with Crippen molar-refractivity contribution in [2.45, 2.75) is 62.1 Å². The van der Waals surface area contributed by atoms with E-state index in [9.17, 15) is 4.79 Å². The molecular formula is C17H26N2OS. The van der Waals surface area contributed by atoms with Crippen LogP contribution in [0.5, 0.6) is 0 Å². The molecule has 1 fully saturated rings. The summed E-state index contributed by atoms with van der Waals surface area (Å²) in [6.45, 7) is 4.07. The fourth-order valence-corrected chi connectivity index (χ4v) is 3.92. The van der Waals surface area contributed by atoms with Gasteiger partial charge in [-0.1, -0.05) is 45.2 Å². The van der Waals surface area contributed by atoms with Crippen LogP contribution in [0.2, 0.25) is 0 Å². The van der Waals surface area contributed by atoms with E-state index < -0.39 is 6.04 Å². The molecule has 0 heterocycles. The molecular weight excluding hydrogens is 280 g/mol. The molecule has 21 heavy (non-hydrogen) atoms. The van der Waals surface area contributed by atoms with Crippen molar-refractivity contribution in [3.63, 3.8) is 0 Å². The van der Waals surface area contributed by atoms with Crippen LogP contribution < -0.4 is 11.1 Å². The average molecular weight is 306 g/mol. The Morgan fingerprint density at radius 1 is 1.38 bits per heavy atom. The molecule has 0 aliphatic heterocycles. The van der Waals surface area contributed by atoms with Gasteiger partial charge in [-0.25, -0.2) is 0 Å². The number of rotatable bonds is 6. The highest BCUT2D eigenvalue weighted by molar-refractivity contribution is 8.00. The third-order valence-electron chi connectivity index (χ3n) is 4.30. The molecule has 116 valence electrons. The van der Waals surface area contributed by atoms with Crippen molar-refractivity contribution >= 4 is 23.4 Å². The lowest BCUT2D eigenvalue weighted by Gasteiger charge is -2.19. The summed E-state index contributed by atoms with van der Waals surface area (Å²) >= 11 is 1.89. The second-order valence-corrected chi connectivity index (χ2v) is 7.26. The van der Waals surface area contributed by atoms with Crippen LogP contribution in [0.3, 0.4) is 0 Å². The number of thioether (sulfide) groups is 1. The first-order valence-electron chi connectivity index (χ1n) is 7.94. The first-order valence-corrected chi connectivity index (χ1v) is 8.82. The Labute approximate surface area is 132 Å². The highest BCUT2D eigenvalue weighted by Gasteiger charge is 2.22. The first kappa shape index (κ1) is 16.4. The second kappa shape index (κ2) is 7.85. The highest BCUT2D eigenvalue weighted by Crippen LogP contribution is 2.38. The molecule has 1 aliphatic carbocycles. The number of carbonyl (C=O) groups is 1. The Balaban J connectivity index is 2.03. The van der Waals surface area contributed by atoms with E-state index >= 15 is 0 Å². The number of hydrogen-bond donors (Lipinski definition) is 2. The van der Waals surface area contributed by atoms with Crippen LogP contribution in [0.4, 0.5) is 5.69 Å². The molecule has 3 nitrogen and oxygen atoms in total. The fourth-order valence-electron chi connectivity index (χ4n) is 2.59. The van der Waals surface area contributed by atoms with Crippen LogP contribution in [0.1, 0.15) is 46.0 Å². The maximum Gasteiger partial charge on any atom is 0.241 e. The van der Waals surface area contributed by atoms with Crippen molar-refractivity contribution in [2.75, 3.05) is 5.32 Å². The summed E-state index contributed by atoms with van der Waals surface area (Å²) in [6.07, 6.45) is 6.11. The lowest BCUT2D eigenvalue weighted by atomic mass is 9.99. The summed E-state index contributed by atoms with van der Waals surface area (Å²) in [5.41, 5.74) is 6.91. The maximum atomic E-state index is 12.3. The van der Waals surface area contributed by atoms with Gasteiger partial charge in [0.1, 0.15) is 0 Å². The molecule has 4 heteroatoms. The number of benzene rings is 1. The van der Waals surface area contributed by atoms with Gasteiger partial charge in [-0.3, -0.25) is 4.79 Å². The minimum Gasteiger partial charge on any atom is -0.324 e. The topological polar surface area (TPSA) is 55.1 Å². The van der Waals surface area contributed by atoms with E-state index in [0.29, 0.717) is 5.25 Å². The van der Waals surface area contributed by atoms with Gasteiger partial charge in [0, 0.05) is 10.1 Å². The summed E-state index contributed by atoms with van der Waals surface area (Å²) in [6, 6.07) is 7.61. The van der Waals surface area contributed by atoms with E-state index in [-0.39, 0.29) is 11.8 Å². The smallest absolute Gasteiger partial charge is 0.241 e. The summed E-state index contributed by atoms with van der Waals surface area (Å²) in [5.74, 6) is 0.114. The lowest BCUT2D eigenvalue weighted by molar-refractivity contribution is -0.118. The highest BCUT2D eigenvalue weighted by atomic mass is 32.2. The molecule has 1 aliphatic rings. The molecule has 1 amide bonds. The number of amides is 1. The SMILES string of the molecule is CCC(C)C(N)C(=O)Nc1ccccc1SC1CCCC1. The molecule has 0 bridgehead atoms. The Bertz CT molecular complexity index is 472. The van der Waals surface area contributed by atoms with Gasteiger partial charge in [-0.05, 0) is 30.9 Å². The largest absolute Gasteiger partial charge is 0.324 e. The quantitative estimate of drug-likeness (QED) is 0.834. The minimum atomic E-state index is -0.445. The van der Waals surface area contributed by atoms with Crippen LogP contribution in [-0.4, -0.2) is 17.2 Å². The Kier molecular flexibility index (Phi) is 6.12. The molecule has 0 spiro atoms. The van der Waals surface area contributed by atoms with Crippen molar-refractivity contribution in [1.82, 2.24) is 0 Å². The average Bonchev–Trinajstić information content (AvgIpc) is 3.00. The van der Waals surface area contributed by atoms with Crippen molar-refractivity contribution in [3.05, 3.63) is 24.3 Å². The predicted octanol–water partition coefficient (Wildman–Crippen LogP) is 4.03. The molecule has 0 saturated heterocycles. The molecule has 2 atom stereocenters. The molecule has 1 aromatic rings. The lowest BCUT2D eigenvalue weighted by Crippen LogP contribution is -2.40. The summed E-state index contributed by atoms with van der Waals surface area (Å²) < 4.78 is 0. The van der Waals surface area contributed by atoms with E-state index in [2.05, 4.69) is 18.3 Å². The first-order chi connectivity index (χ1) is 10.1. The molecule has 0 aromatic heterocycles. The summed E-state index contributed by atoms with van der Waals surface area (Å²) in [4.78, 5) is 13.4. The summed E-state index contributed by atoms with van der Waals surface area (Å²) in [7, 11) is 0. The number of carbonyl (C=O) groups excluding carboxylic acids is 1. The van der Waals surface area contributed by atoms with Crippen LogP contribution in [0.25, 0.3) is 0 Å². The number of nitrogens with one attached hydrogen (secondary N) is 1. The van der Waals surface area contributed by atoms with E-state index in [1.54, 1.807) is 0 Å². The zero-order valence-electron chi connectivity index (χ0n) is 13.0. The van der Waals surface area contributed by atoms with Crippen LogP contribution in [0.15, 0.2) is 29.2 Å². The maximum absolute atomic E-state index is 12.3. The number of para-hydroxylation sites is 1. The normalized spacial score (nSPS) is 18.4. The van der Waals surface area contributed by atoms with E-state index in [1.807, 2.05) is 36.9 Å². The van der Waals surface area contributed by atoms with Gasteiger partial charge in [-0.2, -0.15) is 0 Å². The standard InChI is InChI=1S/C17H26N2OS/c1-3-12(2)16(18)17(20)19-14-10-6-7-11-15(14)21-13-8-4-5-9-13/h6-7,10-13,16H,3-5,8-9,18H2,1-2H3,(H,19,20). The Morgan fingerprint density at radius 3 is 2.71 bits per heavy atom. The van der Waals surface area contributed by atoms with Gasteiger partial charge in [0.15, 0.2) is 0 Å². The fraction of sp³-hybridized carbons (Fsp3) is 0.588. The minimum absolute atomic E-state index is 0.0798. The number of anilines is 1. The Morgan fingerprint density at radius 2 is 2.05 bits per heavy atom. The third-order valence-corrected chi connectivity index (χ3v) is 5.72. The molecule has 1 aromatic carbocycles. The van der Waals surface area contributed by atoms with Crippen molar-refractivity contribution in [2.24, 2.45) is 11.7 Å². The van der Waals surface area contributed by atoms with Gasteiger partial charge in [0.2, 0.25) is 5.91 Å². The van der Waals surface area contributed by atoms with Gasteiger partial charge < -0.3 is 11.1 Å². The van der Waals surface area contributed by atoms with Crippen molar-refractivity contribution < 1.29 is 4.79 Å². The zero-order valence-corrected chi connectivity index (χ0v) is 13.8. The zero-order chi connectivity index (χ0) is 15.2. The van der Waals surface area contributed by atoms with E-state index in [0.717, 1.165) is 17.0 Å². The van der Waals surface area contributed by atoms with Gasteiger partial charge in [-0.15, -0.1) is 11.8 Å². The number of nitrogens with two attached hydrogens (primary N) is 1. The molecule has 0 radical (unpaired) electrons. The van der Waals surface area contributed by atoms with Gasteiger partial charge >= 0.3 is 0 Å². The van der Waals surface area contributed by atoms with Gasteiger partial charge in [0.05, 0.1) is 11.7 Å². The molecule has 2 rings (SSSR count). The summed E-state index contributed by atoms with van der Waals surface area (Å²) in [5, 5.41) is 3.70. The van der Waals surface area contributed by atoms with Crippen LogP contribution >= 0.6 is 11.8 Å². The van der Waals surface area contributed by atoms with E-state index in [4.69, 9.17) is 5.73 Å². The monoisotopic (exact) mass is 306 g/mol. The van der Waals surface area contributed by atoms with Crippen molar-refractivity contribution in [3.8, 4) is 0 Å². The molecule has 3 N–H and O–H groups in total. The predicted molar refractivity (Wildman–Crippen MR) is 90.6 cm³/mol. The molecule has 2 unspecified atom stereocenters. The van der Waals surface area contributed by atoms with Gasteiger partial charge in [0.25, 0.3) is 0 Å². The third kappa shape index (κ3) is 4.48. The molecule has 1 saturated carbocycles. The second-order valence-electron chi connectivity index (χ2n) is 5.92. The number of hydrogen-bond acceptors (Lipinski definition) is 3. The van der Waals surface area contributed by atoms with Crippen LogP contribution in [0, 0.1) is 5.92 Å².